The van der Waals surface area contributed by atoms with Crippen LogP contribution in [0.25, 0.3) is 0 Å². The minimum absolute atomic E-state index is 0.0845. The zero-order valence-electron chi connectivity index (χ0n) is 18.5. The van der Waals surface area contributed by atoms with E-state index in [0.29, 0.717) is 36.7 Å². The van der Waals surface area contributed by atoms with Crippen LogP contribution in [0.15, 0.2) is 30.5 Å². The van der Waals surface area contributed by atoms with Crippen molar-refractivity contribution >= 4 is 11.8 Å². The van der Waals surface area contributed by atoms with Gasteiger partial charge in [-0.05, 0) is 63.4 Å². The van der Waals surface area contributed by atoms with E-state index in [-0.39, 0.29) is 23.5 Å². The number of halogens is 1. The van der Waals surface area contributed by atoms with Crippen LogP contribution in [0.1, 0.15) is 59.0 Å². The van der Waals surface area contributed by atoms with Crippen molar-refractivity contribution in [3.05, 3.63) is 58.9 Å². The lowest BCUT2D eigenvalue weighted by atomic mass is 9.96. The van der Waals surface area contributed by atoms with E-state index in [9.17, 15) is 14.0 Å². The zero-order valence-corrected chi connectivity index (χ0v) is 18.5. The summed E-state index contributed by atoms with van der Waals surface area (Å²) < 4.78 is 13.0. The lowest BCUT2D eigenvalue weighted by Crippen LogP contribution is -2.44. The Morgan fingerprint density at radius 2 is 1.88 bits per heavy atom. The van der Waals surface area contributed by atoms with Crippen molar-refractivity contribution < 1.29 is 14.0 Å². The monoisotopic (exact) mass is 439 g/mol. The first-order valence-electron chi connectivity index (χ1n) is 11.4. The molecule has 0 unspecified atom stereocenters. The van der Waals surface area contributed by atoms with Gasteiger partial charge >= 0.3 is 0 Å². The number of likely N-dealkylation sites (tertiary alicyclic amines) is 2. The van der Waals surface area contributed by atoms with E-state index in [4.69, 9.17) is 0 Å². The Labute approximate surface area is 188 Å². The molecule has 1 N–H and O–H groups in total. The van der Waals surface area contributed by atoms with E-state index < -0.39 is 0 Å². The third-order valence-electron chi connectivity index (χ3n) is 6.31. The average molecular weight is 440 g/mol. The number of piperidine rings is 1. The van der Waals surface area contributed by atoms with Crippen molar-refractivity contribution in [2.24, 2.45) is 0 Å². The Morgan fingerprint density at radius 1 is 1.12 bits per heavy atom. The van der Waals surface area contributed by atoms with Crippen molar-refractivity contribution in [3.63, 3.8) is 0 Å². The second-order valence-electron chi connectivity index (χ2n) is 8.70. The predicted octanol–water partition coefficient (Wildman–Crippen LogP) is 2.66. The van der Waals surface area contributed by atoms with Gasteiger partial charge in [0.2, 0.25) is 5.91 Å². The van der Waals surface area contributed by atoms with Gasteiger partial charge in [-0.15, -0.1) is 0 Å². The molecule has 2 aliphatic heterocycles. The van der Waals surface area contributed by atoms with E-state index >= 15 is 0 Å². The van der Waals surface area contributed by atoms with Crippen LogP contribution in [0.4, 0.5) is 4.39 Å². The van der Waals surface area contributed by atoms with Gasteiger partial charge in [0.05, 0.1) is 17.8 Å². The normalized spacial score (nSPS) is 19.2. The van der Waals surface area contributed by atoms with Gasteiger partial charge in [0.1, 0.15) is 11.6 Å². The lowest BCUT2D eigenvalue weighted by molar-refractivity contribution is -0.133. The zero-order chi connectivity index (χ0) is 22.5. The number of aromatic nitrogens is 2. The summed E-state index contributed by atoms with van der Waals surface area (Å²) in [6.45, 7) is 6.04. The van der Waals surface area contributed by atoms with E-state index in [0.717, 1.165) is 38.0 Å². The summed E-state index contributed by atoms with van der Waals surface area (Å²) in [6, 6.07) is 6.02. The number of benzene rings is 1. The number of carbonyl (C=O) groups excluding carboxylic acids is 2. The van der Waals surface area contributed by atoms with Crippen molar-refractivity contribution in [1.82, 2.24) is 25.1 Å². The highest BCUT2D eigenvalue weighted by molar-refractivity contribution is 5.94. The molecule has 4 rings (SSSR count). The SMILES string of the molecule is Cc1nc([C@@H]2CCCN(C(=O)CN3CCCC3)C2)ncc1C(=O)NCc1ccc(F)cc1. The number of carbonyl (C=O) groups is 2. The van der Waals surface area contributed by atoms with Crippen LogP contribution in [0.2, 0.25) is 0 Å². The number of hydrogen-bond donors (Lipinski definition) is 1. The van der Waals surface area contributed by atoms with Crippen molar-refractivity contribution in [1.29, 1.82) is 0 Å². The summed E-state index contributed by atoms with van der Waals surface area (Å²) in [5.41, 5.74) is 1.86. The summed E-state index contributed by atoms with van der Waals surface area (Å²) >= 11 is 0. The van der Waals surface area contributed by atoms with Gasteiger partial charge in [-0.2, -0.15) is 0 Å². The average Bonchev–Trinajstić information content (AvgIpc) is 3.31. The largest absolute Gasteiger partial charge is 0.348 e. The second kappa shape index (κ2) is 10.2. The van der Waals surface area contributed by atoms with Crippen molar-refractivity contribution in [2.75, 3.05) is 32.7 Å². The van der Waals surface area contributed by atoms with Crippen LogP contribution in [0.3, 0.4) is 0 Å². The standard InChI is InChI=1S/C24H30FN5O2/c1-17-21(24(32)27-13-18-6-8-20(25)9-7-18)14-26-23(28-17)19-5-4-12-30(15-19)22(31)16-29-10-2-3-11-29/h6-9,14,19H,2-5,10-13,15-16H2,1H3,(H,27,32)/t19-/m1/s1. The van der Waals surface area contributed by atoms with E-state index in [1.807, 2.05) is 4.90 Å². The second-order valence-corrected chi connectivity index (χ2v) is 8.70. The molecule has 0 aliphatic carbocycles. The van der Waals surface area contributed by atoms with Gasteiger partial charge < -0.3 is 10.2 Å². The Balaban J connectivity index is 1.35. The number of nitrogens with zero attached hydrogens (tertiary/aromatic N) is 4. The molecule has 2 amide bonds. The van der Waals surface area contributed by atoms with Crippen LogP contribution in [0.5, 0.6) is 0 Å². The van der Waals surface area contributed by atoms with Crippen molar-refractivity contribution in [2.45, 2.75) is 45.1 Å². The van der Waals surface area contributed by atoms with Crippen LogP contribution in [0, 0.1) is 12.7 Å². The summed E-state index contributed by atoms with van der Waals surface area (Å²) in [6.07, 6.45) is 5.78. The summed E-state index contributed by atoms with van der Waals surface area (Å²) in [5.74, 6) is 0.394. The first-order chi connectivity index (χ1) is 15.5. The number of aryl methyl sites for hydroxylation is 1. The fourth-order valence-corrected chi connectivity index (χ4v) is 4.43. The van der Waals surface area contributed by atoms with Crippen LogP contribution in [-0.4, -0.2) is 64.3 Å². The number of rotatable bonds is 6. The molecule has 0 bridgehead atoms. The summed E-state index contributed by atoms with van der Waals surface area (Å²) in [5, 5.41) is 2.83. The molecule has 1 atom stereocenters. The highest BCUT2D eigenvalue weighted by Crippen LogP contribution is 2.25. The maximum Gasteiger partial charge on any atom is 0.254 e. The fraction of sp³-hybridized carbons (Fsp3) is 0.500. The molecule has 0 spiro atoms. The van der Waals surface area contributed by atoms with E-state index in [1.165, 1.54) is 25.0 Å². The Bertz CT molecular complexity index is 959. The highest BCUT2D eigenvalue weighted by atomic mass is 19.1. The van der Waals surface area contributed by atoms with Gasteiger partial charge in [0.15, 0.2) is 0 Å². The van der Waals surface area contributed by atoms with Gasteiger partial charge in [-0.1, -0.05) is 12.1 Å². The summed E-state index contributed by atoms with van der Waals surface area (Å²) in [7, 11) is 0. The molecule has 7 nitrogen and oxygen atoms in total. The van der Waals surface area contributed by atoms with Crippen LogP contribution in [-0.2, 0) is 11.3 Å². The first-order valence-corrected chi connectivity index (χ1v) is 11.4. The third-order valence-corrected chi connectivity index (χ3v) is 6.31. The maximum atomic E-state index is 13.0. The van der Waals surface area contributed by atoms with Gasteiger partial charge in [-0.25, -0.2) is 14.4 Å². The van der Waals surface area contributed by atoms with Crippen molar-refractivity contribution in [3.8, 4) is 0 Å². The minimum Gasteiger partial charge on any atom is -0.348 e. The molecular weight excluding hydrogens is 409 g/mol. The Hall–Kier alpha value is -2.87. The molecular formula is C24H30FN5O2. The fourth-order valence-electron chi connectivity index (χ4n) is 4.43. The number of amides is 2. The van der Waals surface area contributed by atoms with Gasteiger partial charge in [0, 0.05) is 31.7 Å². The third kappa shape index (κ3) is 5.48. The van der Waals surface area contributed by atoms with Gasteiger partial charge in [0.25, 0.3) is 5.91 Å². The molecule has 8 heteroatoms. The molecule has 0 saturated carbocycles. The van der Waals surface area contributed by atoms with E-state index in [2.05, 4.69) is 20.2 Å². The molecule has 2 aliphatic rings. The lowest BCUT2D eigenvalue weighted by Gasteiger charge is -2.33. The van der Waals surface area contributed by atoms with E-state index in [1.54, 1.807) is 25.3 Å². The Kier molecular flexibility index (Phi) is 7.09. The molecule has 2 saturated heterocycles. The maximum absolute atomic E-state index is 13.0. The quantitative estimate of drug-likeness (QED) is 0.749. The molecule has 0 radical (unpaired) electrons. The van der Waals surface area contributed by atoms with Crippen LogP contribution >= 0.6 is 0 Å². The number of nitrogens with one attached hydrogen (secondary N) is 1. The topological polar surface area (TPSA) is 78.4 Å². The molecule has 1 aromatic carbocycles. The number of hydrogen-bond acceptors (Lipinski definition) is 5. The predicted molar refractivity (Wildman–Crippen MR) is 119 cm³/mol. The highest BCUT2D eigenvalue weighted by Gasteiger charge is 2.28. The van der Waals surface area contributed by atoms with Gasteiger partial charge in [-0.3, -0.25) is 14.5 Å². The molecule has 2 aromatic rings. The van der Waals surface area contributed by atoms with Crippen LogP contribution < -0.4 is 5.32 Å². The minimum atomic E-state index is -0.307. The molecule has 32 heavy (non-hydrogen) atoms. The summed E-state index contributed by atoms with van der Waals surface area (Å²) in [4.78, 5) is 38.6. The smallest absolute Gasteiger partial charge is 0.254 e. The Morgan fingerprint density at radius 3 is 2.59 bits per heavy atom. The molecule has 3 heterocycles. The molecule has 2 fully saturated rings. The molecule has 170 valence electrons. The molecule has 1 aromatic heterocycles. The first kappa shape index (κ1) is 22.3.